The van der Waals surface area contributed by atoms with Crippen molar-refractivity contribution in [2.24, 2.45) is 0 Å². The van der Waals surface area contributed by atoms with Crippen LogP contribution in [-0.4, -0.2) is 40.6 Å². The van der Waals surface area contributed by atoms with Crippen molar-refractivity contribution in [3.63, 3.8) is 0 Å². The predicted molar refractivity (Wildman–Crippen MR) is 139 cm³/mol. The van der Waals surface area contributed by atoms with Crippen LogP contribution in [0.2, 0.25) is 0 Å². The third-order valence-corrected chi connectivity index (χ3v) is 7.24. The van der Waals surface area contributed by atoms with Crippen LogP contribution < -0.4 is 0 Å². The first-order chi connectivity index (χ1) is 15.2. The van der Waals surface area contributed by atoms with Crippen LogP contribution in [0.3, 0.4) is 0 Å². The van der Waals surface area contributed by atoms with Crippen molar-refractivity contribution >= 4 is 20.4 Å². The van der Waals surface area contributed by atoms with E-state index in [1.807, 2.05) is 11.8 Å². The summed E-state index contributed by atoms with van der Waals surface area (Å²) in [6, 6.07) is 0. The lowest BCUT2D eigenvalue weighted by Gasteiger charge is -2.18. The third kappa shape index (κ3) is 26.8. The minimum absolute atomic E-state index is 0.0398. The Morgan fingerprint density at radius 3 is 1.58 bits per heavy atom. The molecule has 0 saturated carbocycles. The largest absolute Gasteiger partial charge is 0.375 e. The molecule has 31 heavy (non-hydrogen) atoms. The molecular weight excluding hydrogens is 427 g/mol. The highest BCUT2D eigenvalue weighted by molar-refractivity contribution is 7.99. The Labute approximate surface area is 199 Å². The Balaban J connectivity index is 3.61. The molecule has 0 radical (unpaired) electrons. The van der Waals surface area contributed by atoms with E-state index in [9.17, 15) is 0 Å². The molecule has 6 heteroatoms. The fourth-order valence-electron chi connectivity index (χ4n) is 3.69. The van der Waals surface area contributed by atoms with Gasteiger partial charge in [-0.1, -0.05) is 117 Å². The molecule has 2 N–H and O–H groups in total. The lowest BCUT2D eigenvalue weighted by atomic mass is 10.1. The highest BCUT2D eigenvalue weighted by Crippen LogP contribution is 2.25. The van der Waals surface area contributed by atoms with Gasteiger partial charge in [0.2, 0.25) is 0 Å². The quantitative estimate of drug-likeness (QED) is 0.0961. The molecule has 1 unspecified atom stereocenters. The maximum atomic E-state index is 9.04. The van der Waals surface area contributed by atoms with Gasteiger partial charge >= 0.3 is 8.60 Å². The van der Waals surface area contributed by atoms with Crippen LogP contribution in [0.15, 0.2) is 0 Å². The van der Waals surface area contributed by atoms with Crippen molar-refractivity contribution in [3.8, 4) is 0 Å². The molecule has 0 aromatic carbocycles. The van der Waals surface area contributed by atoms with Gasteiger partial charge in [-0.2, -0.15) is 11.8 Å². The first-order valence-electron chi connectivity index (χ1n) is 13.2. The summed E-state index contributed by atoms with van der Waals surface area (Å²) in [6.45, 7) is 5.55. The molecular formula is C25H53O4PS. The minimum Gasteiger partial charge on any atom is -0.375 e. The van der Waals surface area contributed by atoms with E-state index in [-0.39, 0.29) is 12.7 Å². The van der Waals surface area contributed by atoms with Gasteiger partial charge in [-0.25, -0.2) is 0 Å². The summed E-state index contributed by atoms with van der Waals surface area (Å²) in [7, 11) is -2.29. The molecule has 0 bridgehead atoms. The van der Waals surface area contributed by atoms with E-state index >= 15 is 0 Å². The fraction of sp³-hybridized carbons (Fsp3) is 1.00. The van der Waals surface area contributed by atoms with E-state index in [2.05, 4.69) is 13.8 Å². The highest BCUT2D eigenvalue weighted by atomic mass is 32.2. The second kappa shape index (κ2) is 26.9. The Bertz CT molecular complexity index is 335. The van der Waals surface area contributed by atoms with Gasteiger partial charge in [0.1, 0.15) is 0 Å². The minimum atomic E-state index is -2.29. The molecule has 0 aromatic heterocycles. The first kappa shape index (κ1) is 31.6. The molecule has 0 amide bonds. The molecule has 188 valence electrons. The van der Waals surface area contributed by atoms with Crippen LogP contribution in [0.4, 0.5) is 0 Å². The molecule has 0 heterocycles. The smallest absolute Gasteiger partial charge is 0.327 e. The zero-order chi connectivity index (χ0) is 22.8. The van der Waals surface area contributed by atoms with Crippen LogP contribution in [-0.2, 0) is 9.26 Å². The molecule has 1 atom stereocenters. The summed E-state index contributed by atoms with van der Waals surface area (Å²) in [6.07, 6.45) is 24.0. The average Bonchev–Trinajstić information content (AvgIpc) is 2.76. The SMILES string of the molecule is CCCCCCCCCCCCSCC(COP(O)O)OCCCCCCCCCC. The Morgan fingerprint density at radius 1 is 0.645 bits per heavy atom. The lowest BCUT2D eigenvalue weighted by molar-refractivity contribution is 0.0299. The number of unbranched alkanes of at least 4 members (excludes halogenated alkanes) is 16. The summed E-state index contributed by atoms with van der Waals surface area (Å²) >= 11 is 1.91. The Morgan fingerprint density at radius 2 is 1.10 bits per heavy atom. The van der Waals surface area contributed by atoms with E-state index in [4.69, 9.17) is 19.0 Å². The fourth-order valence-corrected chi connectivity index (χ4v) is 5.02. The second-order valence-electron chi connectivity index (χ2n) is 8.77. The summed E-state index contributed by atoms with van der Waals surface area (Å²) in [4.78, 5) is 18.1. The monoisotopic (exact) mass is 480 g/mol. The third-order valence-electron chi connectivity index (χ3n) is 5.67. The Kier molecular flexibility index (Phi) is 27.4. The van der Waals surface area contributed by atoms with Crippen LogP contribution in [0, 0.1) is 0 Å². The van der Waals surface area contributed by atoms with Crippen molar-refractivity contribution in [1.29, 1.82) is 0 Å². The van der Waals surface area contributed by atoms with E-state index in [1.54, 1.807) is 0 Å². The first-order valence-corrected chi connectivity index (χ1v) is 15.5. The van der Waals surface area contributed by atoms with Crippen LogP contribution in [0.25, 0.3) is 0 Å². The molecule has 0 fully saturated rings. The molecule has 0 saturated heterocycles. The molecule has 0 aromatic rings. The molecule has 4 nitrogen and oxygen atoms in total. The van der Waals surface area contributed by atoms with Gasteiger partial charge in [0.05, 0.1) is 12.7 Å². The topological polar surface area (TPSA) is 58.9 Å². The van der Waals surface area contributed by atoms with Gasteiger partial charge in [0, 0.05) is 12.4 Å². The van der Waals surface area contributed by atoms with Crippen molar-refractivity contribution in [3.05, 3.63) is 0 Å². The van der Waals surface area contributed by atoms with Crippen molar-refractivity contribution in [1.82, 2.24) is 0 Å². The van der Waals surface area contributed by atoms with E-state index in [0.29, 0.717) is 0 Å². The second-order valence-corrected chi connectivity index (χ2v) is 10.7. The zero-order valence-electron chi connectivity index (χ0n) is 20.7. The van der Waals surface area contributed by atoms with Gasteiger partial charge in [0.15, 0.2) is 0 Å². The van der Waals surface area contributed by atoms with E-state index in [1.165, 1.54) is 109 Å². The lowest BCUT2D eigenvalue weighted by Crippen LogP contribution is -2.22. The molecule has 0 rings (SSSR count). The Hall–Kier alpha value is 0.620. The predicted octanol–water partition coefficient (Wildman–Crippen LogP) is 8.39. The number of hydrogen-bond donors (Lipinski definition) is 2. The maximum Gasteiger partial charge on any atom is 0.327 e. The van der Waals surface area contributed by atoms with Crippen molar-refractivity contribution in [2.45, 2.75) is 136 Å². The number of hydrogen-bond acceptors (Lipinski definition) is 5. The maximum absolute atomic E-state index is 9.04. The molecule has 0 spiro atoms. The number of thioether (sulfide) groups is 1. The van der Waals surface area contributed by atoms with Gasteiger partial charge in [-0.05, 0) is 18.6 Å². The summed E-state index contributed by atoms with van der Waals surface area (Å²) in [5, 5.41) is 0. The average molecular weight is 481 g/mol. The normalized spacial score (nSPS) is 12.7. The van der Waals surface area contributed by atoms with Crippen LogP contribution in [0.1, 0.15) is 129 Å². The van der Waals surface area contributed by atoms with Gasteiger partial charge in [0.25, 0.3) is 0 Å². The number of ether oxygens (including phenoxy) is 1. The van der Waals surface area contributed by atoms with Crippen LogP contribution >= 0.6 is 20.4 Å². The molecule has 0 aliphatic carbocycles. The van der Waals surface area contributed by atoms with Crippen molar-refractivity contribution < 1.29 is 19.0 Å². The summed E-state index contributed by atoms with van der Waals surface area (Å²) < 4.78 is 11.0. The van der Waals surface area contributed by atoms with Crippen molar-refractivity contribution in [2.75, 3.05) is 24.7 Å². The van der Waals surface area contributed by atoms with Gasteiger partial charge < -0.3 is 19.0 Å². The summed E-state index contributed by atoms with van der Waals surface area (Å²) in [5.41, 5.74) is 0. The standard InChI is InChI=1S/C25H53O4PS/c1-3-5-7-9-11-13-14-16-18-20-22-31-24-25(23-29-30(26)27)28-21-19-17-15-12-10-8-6-4-2/h25-27H,3-24H2,1-2H3. The highest BCUT2D eigenvalue weighted by Gasteiger charge is 2.12. The van der Waals surface area contributed by atoms with E-state index in [0.717, 1.165) is 24.5 Å². The number of rotatable bonds is 26. The van der Waals surface area contributed by atoms with Gasteiger partial charge in [-0.3, -0.25) is 0 Å². The summed E-state index contributed by atoms with van der Waals surface area (Å²) in [5.74, 6) is 2.03. The van der Waals surface area contributed by atoms with E-state index < -0.39 is 8.60 Å². The van der Waals surface area contributed by atoms with Gasteiger partial charge in [-0.15, -0.1) is 0 Å². The zero-order valence-corrected chi connectivity index (χ0v) is 22.4. The molecule has 0 aliphatic rings. The van der Waals surface area contributed by atoms with Crippen LogP contribution in [0.5, 0.6) is 0 Å². The molecule has 0 aliphatic heterocycles.